The third-order valence-corrected chi connectivity index (χ3v) is 7.10. The van der Waals surface area contributed by atoms with E-state index in [0.29, 0.717) is 11.5 Å². The first-order chi connectivity index (χ1) is 16.9. The van der Waals surface area contributed by atoms with Gasteiger partial charge >= 0.3 is 0 Å². The van der Waals surface area contributed by atoms with Crippen LogP contribution in [0.5, 0.6) is 0 Å². The number of piperidine rings is 1. The molecule has 1 unspecified atom stereocenters. The summed E-state index contributed by atoms with van der Waals surface area (Å²) in [5.41, 5.74) is 15.6. The van der Waals surface area contributed by atoms with Crippen LogP contribution in [-0.2, 0) is 4.79 Å². The van der Waals surface area contributed by atoms with E-state index in [1.54, 1.807) is 10.9 Å². The third-order valence-electron chi connectivity index (χ3n) is 7.10. The van der Waals surface area contributed by atoms with E-state index < -0.39 is 11.8 Å². The molecule has 35 heavy (non-hydrogen) atoms. The number of nitrogens with one attached hydrogen (secondary N) is 2. The van der Waals surface area contributed by atoms with Crippen molar-refractivity contribution >= 4 is 34.8 Å². The summed E-state index contributed by atoms with van der Waals surface area (Å²) in [4.78, 5) is 36.8. The molecule has 3 atom stereocenters. The molecule has 1 aromatic rings. The number of likely N-dealkylation sites (tertiary alicyclic amines) is 1. The molecule has 0 bridgehead atoms. The van der Waals surface area contributed by atoms with Gasteiger partial charge in [-0.1, -0.05) is 18.9 Å². The van der Waals surface area contributed by atoms with Gasteiger partial charge in [0, 0.05) is 12.2 Å². The third kappa shape index (κ3) is 4.89. The Morgan fingerprint density at radius 3 is 2.71 bits per heavy atom. The summed E-state index contributed by atoms with van der Waals surface area (Å²) in [5, 5.41) is 11.4. The van der Waals surface area contributed by atoms with Gasteiger partial charge in [-0.15, -0.1) is 0 Å². The predicted molar refractivity (Wildman–Crippen MR) is 134 cm³/mol. The lowest BCUT2D eigenvalue weighted by atomic mass is 9.91. The molecule has 5 rings (SSSR count). The van der Waals surface area contributed by atoms with Gasteiger partial charge in [0.1, 0.15) is 17.6 Å². The second-order valence-electron chi connectivity index (χ2n) is 9.65. The molecule has 1 saturated carbocycles. The number of nitrogens with two attached hydrogens (primary N) is 2. The largest absolute Gasteiger partial charge is 0.364 e. The quantitative estimate of drug-likeness (QED) is 0.469. The van der Waals surface area contributed by atoms with Gasteiger partial charge in [-0.05, 0) is 51.9 Å². The van der Waals surface area contributed by atoms with Crippen molar-refractivity contribution in [1.29, 1.82) is 0 Å². The Morgan fingerprint density at radius 2 is 1.97 bits per heavy atom. The minimum Gasteiger partial charge on any atom is -0.364 e. The van der Waals surface area contributed by atoms with E-state index in [4.69, 9.17) is 16.5 Å². The minimum atomic E-state index is -0.701. The predicted octanol–water partition coefficient (Wildman–Crippen LogP) is 0.194. The Bertz CT molecular complexity index is 1130. The van der Waals surface area contributed by atoms with Gasteiger partial charge in [0.2, 0.25) is 0 Å². The van der Waals surface area contributed by atoms with Gasteiger partial charge in [0.25, 0.3) is 11.8 Å². The Morgan fingerprint density at radius 1 is 1.20 bits per heavy atom. The molecule has 3 aliphatic heterocycles. The fourth-order valence-electron chi connectivity index (χ4n) is 5.00. The van der Waals surface area contributed by atoms with Gasteiger partial charge in [-0.3, -0.25) is 24.7 Å². The van der Waals surface area contributed by atoms with Crippen molar-refractivity contribution in [2.45, 2.75) is 62.7 Å². The lowest BCUT2D eigenvalue weighted by Gasteiger charge is -2.28. The number of anilines is 1. The number of hydrazone groups is 1. The number of aliphatic imine (C=N–C) groups is 2. The first-order valence-corrected chi connectivity index (χ1v) is 12.2. The van der Waals surface area contributed by atoms with Crippen molar-refractivity contribution in [3.63, 3.8) is 0 Å². The van der Waals surface area contributed by atoms with Gasteiger partial charge in [-0.2, -0.15) is 10.2 Å². The van der Waals surface area contributed by atoms with Crippen molar-refractivity contribution < 1.29 is 9.59 Å². The highest BCUT2D eigenvalue weighted by molar-refractivity contribution is 6.71. The number of hydrogen-bond acceptors (Lipinski definition) is 8. The number of primary amides is 1. The maximum atomic E-state index is 13.2. The van der Waals surface area contributed by atoms with Crippen LogP contribution in [0.3, 0.4) is 0 Å². The number of amides is 2. The molecule has 2 fully saturated rings. The number of nitrogens with zero attached hydrogens (tertiary/aromatic N) is 6. The number of fused-ring (bicyclic) bond motifs is 1. The van der Waals surface area contributed by atoms with Gasteiger partial charge in [-0.25, -0.2) is 4.99 Å². The van der Waals surface area contributed by atoms with E-state index in [9.17, 15) is 9.59 Å². The van der Waals surface area contributed by atoms with Crippen LogP contribution in [0.2, 0.25) is 0 Å². The molecule has 1 aromatic heterocycles. The number of aromatic nitrogens is 2. The molecule has 1 aliphatic carbocycles. The van der Waals surface area contributed by atoms with E-state index in [0.717, 1.165) is 51.6 Å². The van der Waals surface area contributed by atoms with Crippen molar-refractivity contribution in [3.05, 3.63) is 24.0 Å². The van der Waals surface area contributed by atoms with E-state index >= 15 is 0 Å². The number of hydrogen-bond donors (Lipinski definition) is 4. The van der Waals surface area contributed by atoms with Crippen LogP contribution < -0.4 is 22.2 Å². The lowest BCUT2D eigenvalue weighted by Crippen LogP contribution is -2.38. The summed E-state index contributed by atoms with van der Waals surface area (Å²) in [5.74, 6) is -0.656. The molecule has 6 N–H and O–H groups in total. The number of carbonyl (C=O) groups is 2. The molecular weight excluding hydrogens is 448 g/mol. The first-order valence-electron chi connectivity index (χ1n) is 12.2. The number of amidine groups is 1. The van der Waals surface area contributed by atoms with Crippen molar-refractivity contribution in [2.75, 3.05) is 25.5 Å². The van der Waals surface area contributed by atoms with Crippen LogP contribution in [0.4, 0.5) is 5.69 Å². The normalized spacial score (nSPS) is 28.3. The second-order valence-corrected chi connectivity index (χ2v) is 9.65. The molecule has 1 saturated heterocycles. The zero-order valence-corrected chi connectivity index (χ0v) is 19.9. The number of rotatable bonds is 5. The van der Waals surface area contributed by atoms with Gasteiger partial charge in [0.15, 0.2) is 11.4 Å². The zero-order chi connectivity index (χ0) is 24.5. The molecule has 0 radical (unpaired) electrons. The fourth-order valence-corrected chi connectivity index (χ4v) is 5.00. The molecule has 0 spiro atoms. The van der Waals surface area contributed by atoms with Crippen LogP contribution in [0.25, 0.3) is 0 Å². The standard InChI is InChI=1S/C23H32N10O2/c1-32-10-8-13(9-11-32)33-12-17(20(31-33)22(25)34)27-23(35)21-19-16(29-30-21)6-7-18(28-19)26-15-5-3-2-4-14(15)24/h6-7,12-16,29H,2-5,8-11,24H2,1H3,(H2,25,34)(H,27,35)/t14-,15+,16?/m1/s1. The Balaban J connectivity index is 1.33. The summed E-state index contributed by atoms with van der Waals surface area (Å²) in [6.07, 6.45) is 11.3. The van der Waals surface area contributed by atoms with Crippen LogP contribution >= 0.6 is 0 Å². The molecular formula is C23H32N10O2. The molecule has 4 aliphatic rings. The van der Waals surface area contributed by atoms with E-state index in [1.807, 2.05) is 12.2 Å². The minimum absolute atomic E-state index is 0.0223. The molecule has 2 amide bonds. The van der Waals surface area contributed by atoms with Gasteiger partial charge in [0.05, 0.1) is 17.8 Å². The Hall–Kier alpha value is -3.38. The molecule has 12 nitrogen and oxygen atoms in total. The zero-order valence-electron chi connectivity index (χ0n) is 19.9. The van der Waals surface area contributed by atoms with E-state index in [2.05, 4.69) is 37.9 Å². The lowest BCUT2D eigenvalue weighted by molar-refractivity contribution is -0.110. The highest BCUT2D eigenvalue weighted by Gasteiger charge is 2.34. The van der Waals surface area contributed by atoms with Crippen LogP contribution in [0.1, 0.15) is 55.1 Å². The maximum absolute atomic E-state index is 13.2. The Labute approximate surface area is 203 Å². The second kappa shape index (κ2) is 9.70. The summed E-state index contributed by atoms with van der Waals surface area (Å²) in [6.45, 7) is 1.87. The molecule has 0 aromatic carbocycles. The molecule has 12 heteroatoms. The van der Waals surface area contributed by atoms with Crippen LogP contribution in [0.15, 0.2) is 33.4 Å². The summed E-state index contributed by atoms with van der Waals surface area (Å²) < 4.78 is 1.74. The smallest absolute Gasteiger partial charge is 0.278 e. The van der Waals surface area contributed by atoms with Gasteiger partial charge < -0.3 is 21.7 Å². The van der Waals surface area contributed by atoms with Crippen molar-refractivity contribution in [1.82, 2.24) is 20.1 Å². The van der Waals surface area contributed by atoms with E-state index in [1.165, 1.54) is 0 Å². The topological polar surface area (TPSA) is 168 Å². The van der Waals surface area contributed by atoms with Crippen molar-refractivity contribution in [2.24, 2.45) is 26.6 Å². The van der Waals surface area contributed by atoms with Crippen LogP contribution in [0, 0.1) is 0 Å². The maximum Gasteiger partial charge on any atom is 0.278 e. The summed E-state index contributed by atoms with van der Waals surface area (Å²) in [6, 6.07) is -0.125. The first kappa shape index (κ1) is 23.4. The number of carbonyl (C=O) groups excluding carboxylic acids is 2. The van der Waals surface area contributed by atoms with Crippen molar-refractivity contribution in [3.8, 4) is 0 Å². The van der Waals surface area contributed by atoms with E-state index in [-0.39, 0.29) is 41.3 Å². The molecule has 186 valence electrons. The summed E-state index contributed by atoms with van der Waals surface area (Å²) in [7, 11) is 2.08. The van der Waals surface area contributed by atoms with Crippen LogP contribution in [-0.4, -0.2) is 82.0 Å². The highest BCUT2D eigenvalue weighted by Crippen LogP contribution is 2.25. The SMILES string of the molecule is CN1CCC(n2cc(NC(=O)C3=NNC4C=CC(=N[C@H]5CCCC[C@H]5N)N=C34)c(C(N)=O)n2)CC1. The average molecular weight is 481 g/mol. The monoisotopic (exact) mass is 480 g/mol. The fraction of sp³-hybridized carbons (Fsp3) is 0.565. The summed E-state index contributed by atoms with van der Waals surface area (Å²) >= 11 is 0. The average Bonchev–Trinajstić information content (AvgIpc) is 3.45. The highest BCUT2D eigenvalue weighted by atomic mass is 16.2. The Kier molecular flexibility index (Phi) is 6.48. The molecule has 4 heterocycles. The number of dihydropyridines is 1.